The molecule has 0 aliphatic rings. The highest BCUT2D eigenvalue weighted by atomic mass is 79.9. The number of aromatic nitrogens is 2. The van der Waals surface area contributed by atoms with Gasteiger partial charge in [0.2, 0.25) is 0 Å². The lowest BCUT2D eigenvalue weighted by Crippen LogP contribution is -2.00. The largest absolute Gasteiger partial charge is 0.239 e. The summed E-state index contributed by atoms with van der Waals surface area (Å²) in [6.07, 6.45) is 1.92. The molecule has 4 heteroatoms. The highest BCUT2D eigenvalue weighted by molar-refractivity contribution is 9.08. The second-order valence-electron chi connectivity index (χ2n) is 3.28. The highest BCUT2D eigenvalue weighted by Crippen LogP contribution is 2.25. The van der Waals surface area contributed by atoms with Gasteiger partial charge in [-0.1, -0.05) is 39.7 Å². The molecule has 0 atom stereocenters. The fourth-order valence-corrected chi connectivity index (χ4v) is 2.20. The minimum Gasteiger partial charge on any atom is -0.239 e. The fourth-order valence-electron chi connectivity index (χ4n) is 1.46. The first-order chi connectivity index (χ1) is 7.22. The Labute approximate surface area is 102 Å². The van der Waals surface area contributed by atoms with Crippen LogP contribution in [0.2, 0.25) is 5.02 Å². The number of nitrogens with zero attached hydrogens (tertiary/aromatic N) is 2. The minimum atomic E-state index is 0.718. The Morgan fingerprint density at radius 3 is 2.80 bits per heavy atom. The van der Waals surface area contributed by atoms with Gasteiger partial charge in [-0.25, -0.2) is 4.68 Å². The van der Waals surface area contributed by atoms with Gasteiger partial charge in [0.25, 0.3) is 0 Å². The van der Waals surface area contributed by atoms with Crippen LogP contribution in [0.25, 0.3) is 5.69 Å². The standard InChI is InChI=1S/C11H10BrClN2/c1-8-5-6-15(14-8)11-9(7-12)3-2-4-10(11)13/h2-6H,7H2,1H3. The van der Waals surface area contributed by atoms with Crippen LogP contribution in [0.3, 0.4) is 0 Å². The van der Waals surface area contributed by atoms with E-state index in [-0.39, 0.29) is 0 Å². The Morgan fingerprint density at radius 1 is 1.40 bits per heavy atom. The van der Waals surface area contributed by atoms with Crippen LogP contribution >= 0.6 is 27.5 Å². The average molecular weight is 286 g/mol. The summed E-state index contributed by atoms with van der Waals surface area (Å²) in [6.45, 7) is 1.96. The molecule has 1 aromatic carbocycles. The normalized spacial score (nSPS) is 10.6. The van der Waals surface area contributed by atoms with Crippen LogP contribution in [-0.2, 0) is 5.33 Å². The molecule has 0 aliphatic heterocycles. The molecule has 0 aliphatic carbocycles. The monoisotopic (exact) mass is 284 g/mol. The number of hydrogen-bond donors (Lipinski definition) is 0. The Morgan fingerprint density at radius 2 is 2.20 bits per heavy atom. The van der Waals surface area contributed by atoms with Gasteiger partial charge in [-0.15, -0.1) is 0 Å². The first-order valence-electron chi connectivity index (χ1n) is 4.58. The quantitative estimate of drug-likeness (QED) is 0.769. The SMILES string of the molecule is Cc1ccn(-c2c(Cl)cccc2CBr)n1. The lowest BCUT2D eigenvalue weighted by molar-refractivity contribution is 0.855. The minimum absolute atomic E-state index is 0.718. The number of rotatable bonds is 2. The molecule has 0 saturated heterocycles. The van der Waals surface area contributed by atoms with E-state index in [1.807, 2.05) is 42.1 Å². The van der Waals surface area contributed by atoms with E-state index in [4.69, 9.17) is 11.6 Å². The Bertz CT molecular complexity index is 479. The molecule has 2 rings (SSSR count). The van der Waals surface area contributed by atoms with E-state index in [1.54, 1.807) is 0 Å². The highest BCUT2D eigenvalue weighted by Gasteiger charge is 2.08. The first kappa shape index (κ1) is 10.7. The molecule has 0 spiro atoms. The van der Waals surface area contributed by atoms with Gasteiger partial charge in [-0.3, -0.25) is 0 Å². The van der Waals surface area contributed by atoms with Crippen LogP contribution in [0.4, 0.5) is 0 Å². The van der Waals surface area contributed by atoms with Crippen molar-refractivity contribution in [2.45, 2.75) is 12.3 Å². The molecule has 2 nitrogen and oxygen atoms in total. The molecule has 0 unspecified atom stereocenters. The molecule has 0 bridgehead atoms. The molecule has 0 saturated carbocycles. The third-order valence-electron chi connectivity index (χ3n) is 2.17. The number of aryl methyl sites for hydroxylation is 1. The maximum atomic E-state index is 6.17. The van der Waals surface area contributed by atoms with Crippen LogP contribution in [0.5, 0.6) is 0 Å². The van der Waals surface area contributed by atoms with Crippen LogP contribution in [0.1, 0.15) is 11.3 Å². The van der Waals surface area contributed by atoms with Crippen molar-refractivity contribution in [3.63, 3.8) is 0 Å². The summed E-state index contributed by atoms with van der Waals surface area (Å²) in [5, 5.41) is 5.85. The maximum absolute atomic E-state index is 6.17. The maximum Gasteiger partial charge on any atom is 0.0872 e. The molecule has 78 valence electrons. The second-order valence-corrected chi connectivity index (χ2v) is 4.25. The van der Waals surface area contributed by atoms with Crippen molar-refractivity contribution in [1.29, 1.82) is 0 Å². The van der Waals surface area contributed by atoms with Gasteiger partial charge in [0.15, 0.2) is 0 Å². The molecule has 2 aromatic rings. The zero-order valence-electron chi connectivity index (χ0n) is 8.24. The molecule has 15 heavy (non-hydrogen) atoms. The molecular formula is C11H10BrClN2. The van der Waals surface area contributed by atoms with Gasteiger partial charge in [-0.05, 0) is 24.6 Å². The number of hydrogen-bond acceptors (Lipinski definition) is 1. The van der Waals surface area contributed by atoms with Gasteiger partial charge in [-0.2, -0.15) is 5.10 Å². The first-order valence-corrected chi connectivity index (χ1v) is 6.08. The van der Waals surface area contributed by atoms with E-state index in [0.29, 0.717) is 0 Å². The molecule has 0 amide bonds. The van der Waals surface area contributed by atoms with Gasteiger partial charge >= 0.3 is 0 Å². The summed E-state index contributed by atoms with van der Waals surface area (Å²) in [4.78, 5) is 0. The summed E-state index contributed by atoms with van der Waals surface area (Å²) >= 11 is 9.62. The van der Waals surface area contributed by atoms with Crippen LogP contribution in [-0.4, -0.2) is 9.78 Å². The second kappa shape index (κ2) is 4.37. The fraction of sp³-hybridized carbons (Fsp3) is 0.182. The number of benzene rings is 1. The van der Waals surface area contributed by atoms with E-state index in [1.165, 1.54) is 0 Å². The van der Waals surface area contributed by atoms with Crippen molar-refractivity contribution >= 4 is 27.5 Å². The zero-order valence-corrected chi connectivity index (χ0v) is 10.6. The Balaban J connectivity index is 2.60. The third kappa shape index (κ3) is 2.08. The van der Waals surface area contributed by atoms with E-state index < -0.39 is 0 Å². The van der Waals surface area contributed by atoms with E-state index in [2.05, 4.69) is 21.0 Å². The molecular weight excluding hydrogens is 275 g/mol. The lowest BCUT2D eigenvalue weighted by atomic mass is 10.2. The number of alkyl halides is 1. The van der Waals surface area contributed by atoms with Crippen molar-refractivity contribution < 1.29 is 0 Å². The summed E-state index contributed by atoms with van der Waals surface area (Å²) in [6, 6.07) is 7.81. The van der Waals surface area contributed by atoms with E-state index in [0.717, 1.165) is 27.3 Å². The van der Waals surface area contributed by atoms with Crippen molar-refractivity contribution in [3.8, 4) is 5.69 Å². The third-order valence-corrected chi connectivity index (χ3v) is 3.07. The predicted octanol–water partition coefficient (Wildman–Crippen LogP) is 3.73. The molecule has 0 fully saturated rings. The van der Waals surface area contributed by atoms with Crippen molar-refractivity contribution in [2.75, 3.05) is 0 Å². The average Bonchev–Trinajstić information content (AvgIpc) is 2.64. The van der Waals surface area contributed by atoms with Crippen LogP contribution in [0, 0.1) is 6.92 Å². The van der Waals surface area contributed by atoms with Crippen LogP contribution in [0.15, 0.2) is 30.5 Å². The number of para-hydroxylation sites is 1. The molecule has 0 radical (unpaired) electrons. The Kier molecular flexibility index (Phi) is 3.12. The number of halogens is 2. The van der Waals surface area contributed by atoms with E-state index in [9.17, 15) is 0 Å². The van der Waals surface area contributed by atoms with Gasteiger partial charge < -0.3 is 0 Å². The Hall–Kier alpha value is -0.800. The van der Waals surface area contributed by atoms with Gasteiger partial charge in [0.05, 0.1) is 16.4 Å². The van der Waals surface area contributed by atoms with Crippen molar-refractivity contribution in [3.05, 3.63) is 46.7 Å². The smallest absolute Gasteiger partial charge is 0.0872 e. The molecule has 1 heterocycles. The summed E-state index contributed by atoms with van der Waals surface area (Å²) in [7, 11) is 0. The molecule has 0 N–H and O–H groups in total. The topological polar surface area (TPSA) is 17.8 Å². The van der Waals surface area contributed by atoms with Gasteiger partial charge in [0.1, 0.15) is 0 Å². The lowest BCUT2D eigenvalue weighted by Gasteiger charge is -2.09. The summed E-state index contributed by atoms with van der Waals surface area (Å²) in [5.74, 6) is 0. The van der Waals surface area contributed by atoms with Crippen molar-refractivity contribution in [2.24, 2.45) is 0 Å². The summed E-state index contributed by atoms with van der Waals surface area (Å²) in [5.41, 5.74) is 3.06. The van der Waals surface area contributed by atoms with Crippen LogP contribution < -0.4 is 0 Å². The van der Waals surface area contributed by atoms with Gasteiger partial charge in [0, 0.05) is 11.5 Å². The predicted molar refractivity (Wildman–Crippen MR) is 65.9 cm³/mol. The molecule has 1 aromatic heterocycles. The van der Waals surface area contributed by atoms with E-state index >= 15 is 0 Å². The summed E-state index contributed by atoms with van der Waals surface area (Å²) < 4.78 is 1.81. The van der Waals surface area contributed by atoms with Crippen molar-refractivity contribution in [1.82, 2.24) is 9.78 Å². The zero-order chi connectivity index (χ0) is 10.8.